The maximum Gasteiger partial charge on any atom is 0.255 e. The minimum atomic E-state index is -0.398. The summed E-state index contributed by atoms with van der Waals surface area (Å²) in [4.78, 5) is 49.0. The molecule has 0 spiro atoms. The molecule has 1 unspecified atom stereocenters. The number of nitrogens with one attached hydrogen (secondary N) is 3. The summed E-state index contributed by atoms with van der Waals surface area (Å²) in [6, 6.07) is 13.0. The lowest BCUT2D eigenvalue weighted by Gasteiger charge is -2.27. The summed E-state index contributed by atoms with van der Waals surface area (Å²) in [6.45, 7) is 1.14. The lowest BCUT2D eigenvalue weighted by Crippen LogP contribution is -2.50. The van der Waals surface area contributed by atoms with Gasteiger partial charge in [0.15, 0.2) is 0 Å². The number of ether oxygens (including phenoxy) is 1. The third kappa shape index (κ3) is 4.94. The van der Waals surface area contributed by atoms with E-state index >= 15 is 0 Å². The number of para-hydroxylation sites is 1. The van der Waals surface area contributed by atoms with Gasteiger partial charge in [0.05, 0.1) is 23.0 Å². The van der Waals surface area contributed by atoms with Crippen molar-refractivity contribution in [3.05, 3.63) is 59.7 Å². The molecule has 4 rings (SSSR count). The molecule has 166 valence electrons. The maximum atomic E-state index is 12.7. The highest BCUT2D eigenvalue weighted by molar-refractivity contribution is 6.09. The Labute approximate surface area is 185 Å². The van der Waals surface area contributed by atoms with Gasteiger partial charge in [-0.25, -0.2) is 5.01 Å². The van der Waals surface area contributed by atoms with Gasteiger partial charge in [0.2, 0.25) is 11.8 Å². The molecule has 0 bridgehead atoms. The normalized spacial score (nSPS) is 18.2. The molecule has 1 atom stereocenters. The average Bonchev–Trinajstić information content (AvgIpc) is 3.33. The molecular formula is C23H24N4O5. The molecule has 2 aliphatic rings. The predicted molar refractivity (Wildman–Crippen MR) is 117 cm³/mol. The van der Waals surface area contributed by atoms with Crippen LogP contribution in [0.1, 0.15) is 46.4 Å². The third-order valence-electron chi connectivity index (χ3n) is 5.37. The number of hydrogen-bond donors (Lipinski definition) is 3. The molecule has 0 aromatic heterocycles. The van der Waals surface area contributed by atoms with E-state index < -0.39 is 5.91 Å². The van der Waals surface area contributed by atoms with Gasteiger partial charge in [0, 0.05) is 31.6 Å². The van der Waals surface area contributed by atoms with Gasteiger partial charge in [-0.05, 0) is 49.2 Å². The summed E-state index contributed by atoms with van der Waals surface area (Å²) in [5.41, 5.74) is 4.08. The second kappa shape index (κ2) is 9.61. The second-order valence-electron chi connectivity index (χ2n) is 7.66. The summed E-state index contributed by atoms with van der Waals surface area (Å²) in [6.07, 6.45) is 2.23. The Morgan fingerprint density at radius 1 is 1.03 bits per heavy atom. The number of carbonyl (C=O) groups excluding carboxylic acids is 4. The van der Waals surface area contributed by atoms with Crippen molar-refractivity contribution in [2.75, 3.05) is 23.5 Å². The van der Waals surface area contributed by atoms with E-state index in [0.29, 0.717) is 35.7 Å². The molecule has 0 saturated carbocycles. The topological polar surface area (TPSA) is 117 Å². The predicted octanol–water partition coefficient (Wildman–Crippen LogP) is 2.01. The molecule has 2 aliphatic heterocycles. The molecule has 2 fully saturated rings. The largest absolute Gasteiger partial charge is 0.376 e. The van der Waals surface area contributed by atoms with Gasteiger partial charge in [-0.2, -0.15) is 0 Å². The molecule has 2 saturated heterocycles. The Hall–Kier alpha value is -3.72. The van der Waals surface area contributed by atoms with E-state index in [1.165, 1.54) is 5.01 Å². The fourth-order valence-electron chi connectivity index (χ4n) is 3.64. The first-order valence-corrected chi connectivity index (χ1v) is 10.5. The number of nitrogens with zero attached hydrogens (tertiary/aromatic N) is 1. The zero-order valence-electron chi connectivity index (χ0n) is 17.4. The van der Waals surface area contributed by atoms with Gasteiger partial charge in [-0.15, -0.1) is 0 Å². The van der Waals surface area contributed by atoms with Crippen LogP contribution in [0.4, 0.5) is 11.4 Å². The van der Waals surface area contributed by atoms with Gasteiger partial charge < -0.3 is 15.4 Å². The molecule has 3 N–H and O–H groups in total. The highest BCUT2D eigenvalue weighted by Crippen LogP contribution is 2.20. The van der Waals surface area contributed by atoms with E-state index in [-0.39, 0.29) is 36.7 Å². The zero-order chi connectivity index (χ0) is 22.5. The van der Waals surface area contributed by atoms with Crippen LogP contribution in [0.5, 0.6) is 0 Å². The quantitative estimate of drug-likeness (QED) is 0.641. The number of hydrogen-bond acceptors (Lipinski definition) is 5. The monoisotopic (exact) mass is 436 g/mol. The Balaban J connectivity index is 1.42. The Bertz CT molecular complexity index is 1030. The van der Waals surface area contributed by atoms with Crippen LogP contribution in [0.25, 0.3) is 0 Å². The van der Waals surface area contributed by atoms with Crippen LogP contribution in [0, 0.1) is 0 Å². The number of hydrazine groups is 1. The van der Waals surface area contributed by atoms with E-state index in [1.54, 1.807) is 48.5 Å². The highest BCUT2D eigenvalue weighted by Gasteiger charge is 2.24. The van der Waals surface area contributed by atoms with Crippen LogP contribution in [-0.4, -0.2) is 42.9 Å². The molecule has 9 heteroatoms. The van der Waals surface area contributed by atoms with E-state index in [0.717, 1.165) is 12.8 Å². The van der Waals surface area contributed by atoms with E-state index in [1.807, 2.05) is 0 Å². The molecule has 32 heavy (non-hydrogen) atoms. The zero-order valence-corrected chi connectivity index (χ0v) is 17.4. The van der Waals surface area contributed by atoms with Gasteiger partial charge in [0.1, 0.15) is 0 Å². The van der Waals surface area contributed by atoms with E-state index in [9.17, 15) is 19.2 Å². The van der Waals surface area contributed by atoms with Crippen molar-refractivity contribution in [3.63, 3.8) is 0 Å². The van der Waals surface area contributed by atoms with Crippen LogP contribution in [0.15, 0.2) is 48.5 Å². The number of carbonyl (C=O) groups is 4. The van der Waals surface area contributed by atoms with Crippen LogP contribution in [-0.2, 0) is 14.3 Å². The number of benzene rings is 2. The fraction of sp³-hybridized carbons (Fsp3) is 0.304. The van der Waals surface area contributed by atoms with Crippen molar-refractivity contribution in [2.24, 2.45) is 0 Å². The second-order valence-corrected chi connectivity index (χ2v) is 7.66. The van der Waals surface area contributed by atoms with Gasteiger partial charge in [-0.1, -0.05) is 12.1 Å². The number of amides is 4. The molecule has 2 heterocycles. The molecule has 0 aliphatic carbocycles. The van der Waals surface area contributed by atoms with Crippen LogP contribution in [0.2, 0.25) is 0 Å². The maximum absolute atomic E-state index is 12.7. The van der Waals surface area contributed by atoms with Gasteiger partial charge >= 0.3 is 0 Å². The lowest BCUT2D eigenvalue weighted by atomic mass is 10.1. The molecular weight excluding hydrogens is 412 g/mol. The summed E-state index contributed by atoms with van der Waals surface area (Å²) < 4.78 is 5.53. The van der Waals surface area contributed by atoms with Gasteiger partial charge in [-0.3, -0.25) is 24.6 Å². The SMILES string of the molecule is O=C1CCC(=O)N(c2ccc(C(=O)Nc3ccccc3C(=O)NCC3CCCO3)cc2)N1. The van der Waals surface area contributed by atoms with E-state index in [4.69, 9.17) is 4.74 Å². The molecule has 2 aromatic rings. The summed E-state index contributed by atoms with van der Waals surface area (Å²) >= 11 is 0. The Kier molecular flexibility index (Phi) is 6.46. The van der Waals surface area contributed by atoms with Crippen LogP contribution >= 0.6 is 0 Å². The third-order valence-corrected chi connectivity index (χ3v) is 5.37. The molecule has 4 amide bonds. The smallest absolute Gasteiger partial charge is 0.255 e. The minimum absolute atomic E-state index is 0.0239. The highest BCUT2D eigenvalue weighted by atomic mass is 16.5. The summed E-state index contributed by atoms with van der Waals surface area (Å²) in [5, 5.41) is 6.81. The van der Waals surface area contributed by atoms with Crippen LogP contribution in [0.3, 0.4) is 0 Å². The first-order chi connectivity index (χ1) is 15.5. The number of anilines is 2. The Morgan fingerprint density at radius 3 is 2.56 bits per heavy atom. The van der Waals surface area contributed by atoms with Crippen molar-refractivity contribution in [1.82, 2.24) is 10.7 Å². The molecule has 9 nitrogen and oxygen atoms in total. The summed E-state index contributed by atoms with van der Waals surface area (Å²) in [5.74, 6) is -1.14. The standard InChI is InChI=1S/C23H24N4O5/c28-20-11-12-21(29)27(26-20)16-9-7-15(8-10-16)22(30)25-19-6-2-1-5-18(19)23(31)24-14-17-4-3-13-32-17/h1-2,5-10,17H,3-4,11-14H2,(H,24,31)(H,25,30)(H,26,28). The van der Waals surface area contributed by atoms with Crippen molar-refractivity contribution in [3.8, 4) is 0 Å². The van der Waals surface area contributed by atoms with Crippen molar-refractivity contribution < 1.29 is 23.9 Å². The number of rotatable bonds is 6. The Morgan fingerprint density at radius 2 is 1.81 bits per heavy atom. The van der Waals surface area contributed by atoms with Crippen molar-refractivity contribution in [2.45, 2.75) is 31.8 Å². The van der Waals surface area contributed by atoms with Gasteiger partial charge in [0.25, 0.3) is 11.8 Å². The van der Waals surface area contributed by atoms with Crippen molar-refractivity contribution >= 4 is 35.0 Å². The average molecular weight is 436 g/mol. The minimum Gasteiger partial charge on any atom is -0.376 e. The first-order valence-electron chi connectivity index (χ1n) is 10.5. The van der Waals surface area contributed by atoms with Crippen molar-refractivity contribution in [1.29, 1.82) is 0 Å². The summed E-state index contributed by atoms with van der Waals surface area (Å²) in [7, 11) is 0. The van der Waals surface area contributed by atoms with E-state index in [2.05, 4.69) is 16.1 Å². The molecule has 2 aromatic carbocycles. The molecule has 0 radical (unpaired) electrons. The van der Waals surface area contributed by atoms with Crippen LogP contribution < -0.4 is 21.1 Å². The lowest BCUT2D eigenvalue weighted by molar-refractivity contribution is -0.130. The fourth-order valence-corrected chi connectivity index (χ4v) is 3.64. The first kappa shape index (κ1) is 21.5.